The summed E-state index contributed by atoms with van der Waals surface area (Å²) in [5.41, 5.74) is -0.500. The number of aliphatic hydroxyl groups excluding tert-OH is 3. The number of benzene rings is 2. The standard InChI is InChI=1S/C29H30O12/c1-29(2,19-12-16-11-15-6-10-21(32)40-26(15)25(36)27(16)39-19)41-28-24(35)23(34)22(33)18(38-28)13-37-20(31)9-5-14-3-7-17(30)8-4-14/h3-11,18-19,22-24,28,30,33-36H,12-13H2,1-2H3. The molecule has 6 atom stereocenters. The van der Waals surface area contributed by atoms with Crippen LogP contribution in [0.4, 0.5) is 0 Å². The summed E-state index contributed by atoms with van der Waals surface area (Å²) in [5, 5.41) is 52.0. The first-order chi connectivity index (χ1) is 19.4. The highest BCUT2D eigenvalue weighted by Gasteiger charge is 2.49. The molecule has 6 unspecified atom stereocenters. The molecular weight excluding hydrogens is 540 g/mol. The van der Waals surface area contributed by atoms with E-state index in [1.54, 1.807) is 32.0 Å². The maximum absolute atomic E-state index is 12.2. The van der Waals surface area contributed by atoms with Crippen molar-refractivity contribution in [2.24, 2.45) is 0 Å². The molecule has 1 aromatic heterocycles. The zero-order valence-electron chi connectivity index (χ0n) is 22.2. The van der Waals surface area contributed by atoms with Gasteiger partial charge in [-0.25, -0.2) is 9.59 Å². The number of esters is 1. The lowest BCUT2D eigenvalue weighted by Crippen LogP contribution is -2.61. The van der Waals surface area contributed by atoms with Gasteiger partial charge in [0.1, 0.15) is 48.5 Å². The predicted molar refractivity (Wildman–Crippen MR) is 142 cm³/mol. The number of fused-ring (bicyclic) bond motifs is 2. The van der Waals surface area contributed by atoms with Crippen molar-refractivity contribution >= 4 is 23.0 Å². The molecule has 3 heterocycles. The summed E-state index contributed by atoms with van der Waals surface area (Å²) in [4.78, 5) is 23.8. The van der Waals surface area contributed by atoms with Gasteiger partial charge in [-0.05, 0) is 49.8 Å². The molecule has 0 aliphatic carbocycles. The zero-order valence-corrected chi connectivity index (χ0v) is 22.2. The summed E-state index contributed by atoms with van der Waals surface area (Å²) in [6, 6.07) is 10.6. The lowest BCUT2D eigenvalue weighted by molar-refractivity contribution is -0.329. The van der Waals surface area contributed by atoms with Crippen molar-refractivity contribution in [2.45, 2.75) is 62.7 Å². The molecular formula is C29H30O12. The minimum absolute atomic E-state index is 0.00549. The number of aliphatic hydroxyl groups is 3. The summed E-state index contributed by atoms with van der Waals surface area (Å²) < 4.78 is 28.0. The van der Waals surface area contributed by atoms with Gasteiger partial charge in [-0.3, -0.25) is 0 Å². The molecule has 2 aliphatic heterocycles. The van der Waals surface area contributed by atoms with E-state index in [-0.39, 0.29) is 22.8 Å². The molecule has 0 radical (unpaired) electrons. The van der Waals surface area contributed by atoms with Gasteiger partial charge in [0.2, 0.25) is 5.75 Å². The molecule has 2 aliphatic rings. The van der Waals surface area contributed by atoms with Crippen LogP contribution in [0.15, 0.2) is 57.8 Å². The van der Waals surface area contributed by atoms with Crippen LogP contribution in [-0.4, -0.2) is 80.5 Å². The molecule has 3 aromatic rings. The monoisotopic (exact) mass is 570 g/mol. The number of hydrogen-bond donors (Lipinski definition) is 5. The first-order valence-electron chi connectivity index (χ1n) is 12.9. The average Bonchev–Trinajstić information content (AvgIpc) is 3.38. The number of carbonyl (C=O) groups excluding carboxylic acids is 1. The van der Waals surface area contributed by atoms with E-state index in [1.807, 2.05) is 0 Å². The van der Waals surface area contributed by atoms with Crippen molar-refractivity contribution in [1.82, 2.24) is 0 Å². The van der Waals surface area contributed by atoms with Crippen molar-refractivity contribution in [3.63, 3.8) is 0 Å². The second-order valence-electron chi connectivity index (χ2n) is 10.5. The van der Waals surface area contributed by atoms with Crippen molar-refractivity contribution in [2.75, 3.05) is 6.61 Å². The maximum Gasteiger partial charge on any atom is 0.336 e. The number of aromatic hydroxyl groups is 2. The first-order valence-corrected chi connectivity index (χ1v) is 12.9. The molecule has 1 fully saturated rings. The van der Waals surface area contributed by atoms with Gasteiger partial charge >= 0.3 is 11.6 Å². The minimum atomic E-state index is -1.67. The van der Waals surface area contributed by atoms with E-state index in [4.69, 9.17) is 23.4 Å². The zero-order chi connectivity index (χ0) is 29.5. The Kier molecular flexibility index (Phi) is 7.77. The summed E-state index contributed by atoms with van der Waals surface area (Å²) >= 11 is 0. The third-order valence-corrected chi connectivity index (χ3v) is 7.14. The van der Waals surface area contributed by atoms with Gasteiger partial charge in [0.05, 0.1) is 0 Å². The van der Waals surface area contributed by atoms with Crippen LogP contribution in [0.3, 0.4) is 0 Å². The number of hydrogen-bond acceptors (Lipinski definition) is 12. The highest BCUT2D eigenvalue weighted by atomic mass is 16.7. The van der Waals surface area contributed by atoms with Crippen LogP contribution in [0.1, 0.15) is 25.0 Å². The normalized spacial score (nSPS) is 26.2. The molecule has 218 valence electrons. The van der Waals surface area contributed by atoms with E-state index in [9.17, 15) is 35.1 Å². The third-order valence-electron chi connectivity index (χ3n) is 7.14. The average molecular weight is 571 g/mol. The largest absolute Gasteiger partial charge is 0.508 e. The molecule has 0 saturated carbocycles. The Morgan fingerprint density at radius 3 is 2.51 bits per heavy atom. The number of phenolic OH excluding ortho intramolecular Hbond substituents is 2. The molecule has 5 rings (SSSR count). The maximum atomic E-state index is 12.2. The second kappa shape index (κ2) is 11.1. The predicted octanol–water partition coefficient (Wildman–Crippen LogP) is 1.37. The quantitative estimate of drug-likeness (QED) is 0.156. The topological polar surface area (TPSA) is 185 Å². The summed E-state index contributed by atoms with van der Waals surface area (Å²) in [6.07, 6.45) is -5.30. The Balaban J connectivity index is 1.24. The van der Waals surface area contributed by atoms with E-state index < -0.39 is 60.6 Å². The summed E-state index contributed by atoms with van der Waals surface area (Å²) in [6.45, 7) is 2.88. The van der Waals surface area contributed by atoms with E-state index in [1.165, 1.54) is 30.3 Å². The van der Waals surface area contributed by atoms with Crippen LogP contribution in [0.5, 0.6) is 17.2 Å². The van der Waals surface area contributed by atoms with E-state index in [0.717, 1.165) is 6.08 Å². The van der Waals surface area contributed by atoms with Gasteiger partial charge in [0.25, 0.3) is 0 Å². The highest BCUT2D eigenvalue weighted by molar-refractivity contribution is 5.87. The second-order valence-corrected chi connectivity index (χ2v) is 10.5. The number of ether oxygens (including phenoxy) is 4. The van der Waals surface area contributed by atoms with Gasteiger partial charge < -0.3 is 48.9 Å². The van der Waals surface area contributed by atoms with Crippen molar-refractivity contribution < 1.29 is 53.7 Å². The molecule has 12 heteroatoms. The van der Waals surface area contributed by atoms with E-state index in [2.05, 4.69) is 0 Å². The molecule has 41 heavy (non-hydrogen) atoms. The first kappa shape index (κ1) is 28.6. The van der Waals surface area contributed by atoms with Crippen LogP contribution >= 0.6 is 0 Å². The van der Waals surface area contributed by atoms with Crippen molar-refractivity contribution in [1.29, 1.82) is 0 Å². The van der Waals surface area contributed by atoms with Crippen LogP contribution < -0.4 is 10.4 Å². The fraction of sp³-hybridized carbons (Fsp3) is 0.379. The van der Waals surface area contributed by atoms with Crippen molar-refractivity contribution in [3.8, 4) is 17.2 Å². The minimum Gasteiger partial charge on any atom is -0.508 e. The number of carbonyl (C=O) groups is 1. The summed E-state index contributed by atoms with van der Waals surface area (Å²) in [7, 11) is 0. The lowest BCUT2D eigenvalue weighted by atomic mass is 9.95. The molecule has 12 nitrogen and oxygen atoms in total. The van der Waals surface area contributed by atoms with Gasteiger partial charge in [-0.2, -0.15) is 0 Å². The molecule has 0 amide bonds. The van der Waals surface area contributed by atoms with Gasteiger partial charge in [-0.15, -0.1) is 0 Å². The fourth-order valence-corrected chi connectivity index (χ4v) is 4.78. The van der Waals surface area contributed by atoms with Crippen LogP contribution in [0, 0.1) is 0 Å². The van der Waals surface area contributed by atoms with Crippen LogP contribution in [0.2, 0.25) is 0 Å². The Hall–Kier alpha value is -3.94. The SMILES string of the molecule is CC(C)(OC1OC(COC(=O)C=Cc2ccc(O)cc2)C(O)C(O)C1O)C1Cc2cc3ccc(=O)oc3c(O)c2O1. The fourth-order valence-electron chi connectivity index (χ4n) is 4.78. The Bertz CT molecular complexity index is 1510. The van der Waals surface area contributed by atoms with Gasteiger partial charge in [-0.1, -0.05) is 12.1 Å². The summed E-state index contributed by atoms with van der Waals surface area (Å²) in [5.74, 6) is -0.839. The number of phenols is 2. The molecule has 0 bridgehead atoms. The Labute approximate surface area is 233 Å². The third kappa shape index (κ3) is 5.92. The van der Waals surface area contributed by atoms with E-state index in [0.29, 0.717) is 22.9 Å². The van der Waals surface area contributed by atoms with Crippen molar-refractivity contribution in [3.05, 3.63) is 70.1 Å². The van der Waals surface area contributed by atoms with Crippen LogP contribution in [-0.2, 0) is 25.4 Å². The van der Waals surface area contributed by atoms with Gasteiger partial charge in [0.15, 0.2) is 17.6 Å². The smallest absolute Gasteiger partial charge is 0.336 e. The molecule has 1 saturated heterocycles. The van der Waals surface area contributed by atoms with Crippen LogP contribution in [0.25, 0.3) is 17.0 Å². The van der Waals surface area contributed by atoms with E-state index >= 15 is 0 Å². The van der Waals surface area contributed by atoms with Gasteiger partial charge in [0, 0.05) is 29.5 Å². The lowest BCUT2D eigenvalue weighted by Gasteiger charge is -2.43. The highest BCUT2D eigenvalue weighted by Crippen LogP contribution is 2.45. The number of rotatable bonds is 7. The molecule has 0 spiro atoms. The Morgan fingerprint density at radius 2 is 1.78 bits per heavy atom. The molecule has 2 aromatic carbocycles. The molecule has 5 N–H and O–H groups in total. The Morgan fingerprint density at radius 1 is 1.05 bits per heavy atom.